The first-order valence-electron chi connectivity index (χ1n) is 9.08. The van der Waals surface area contributed by atoms with Crippen molar-refractivity contribution in [3.05, 3.63) is 36.0 Å². The maximum atomic E-state index is 13.5. The highest BCUT2D eigenvalue weighted by atomic mass is 19.4. The van der Waals surface area contributed by atoms with Gasteiger partial charge in [0.05, 0.1) is 23.7 Å². The van der Waals surface area contributed by atoms with Crippen LogP contribution in [0.1, 0.15) is 31.2 Å². The Hall–Kier alpha value is -2.97. The smallest absolute Gasteiger partial charge is 0.418 e. The van der Waals surface area contributed by atoms with Gasteiger partial charge < -0.3 is 20.4 Å². The quantitative estimate of drug-likeness (QED) is 0.565. The Labute approximate surface area is 159 Å². The van der Waals surface area contributed by atoms with E-state index in [-0.39, 0.29) is 28.8 Å². The van der Waals surface area contributed by atoms with Gasteiger partial charge >= 0.3 is 6.18 Å². The van der Waals surface area contributed by atoms with E-state index in [0.29, 0.717) is 11.4 Å². The van der Waals surface area contributed by atoms with Crippen molar-refractivity contribution in [2.75, 3.05) is 17.7 Å². The number of rotatable bonds is 5. The fourth-order valence-corrected chi connectivity index (χ4v) is 3.55. The number of fused-ring (bicyclic) bond motifs is 1. The van der Waals surface area contributed by atoms with Gasteiger partial charge in [-0.25, -0.2) is 0 Å². The highest BCUT2D eigenvalue weighted by molar-refractivity contribution is 5.92. The maximum absolute atomic E-state index is 13.5. The van der Waals surface area contributed by atoms with Crippen molar-refractivity contribution in [2.45, 2.75) is 37.9 Å². The molecule has 1 aliphatic rings. The lowest BCUT2D eigenvalue weighted by Gasteiger charge is -2.16. The monoisotopic (exact) mass is 391 g/mol. The zero-order valence-corrected chi connectivity index (χ0v) is 15.2. The molecule has 0 spiro atoms. The van der Waals surface area contributed by atoms with Crippen molar-refractivity contribution >= 4 is 28.5 Å². The largest absolute Gasteiger partial charge is 0.495 e. The maximum Gasteiger partial charge on any atom is 0.418 e. The van der Waals surface area contributed by atoms with E-state index in [9.17, 15) is 13.2 Å². The van der Waals surface area contributed by atoms with Gasteiger partial charge in [0, 0.05) is 12.2 Å². The molecule has 6 nitrogen and oxygen atoms in total. The highest BCUT2D eigenvalue weighted by Crippen LogP contribution is 2.39. The second-order valence-corrected chi connectivity index (χ2v) is 6.77. The van der Waals surface area contributed by atoms with Crippen molar-refractivity contribution in [3.8, 4) is 5.75 Å². The van der Waals surface area contributed by atoms with E-state index in [1.807, 2.05) is 12.1 Å². The molecule has 1 fully saturated rings. The summed E-state index contributed by atoms with van der Waals surface area (Å²) in [5, 5.41) is 6.20. The molecular formula is C19H20F3N5O. The number of aromatic nitrogens is 3. The number of ether oxygens (including phenoxy) is 1. The van der Waals surface area contributed by atoms with E-state index in [4.69, 9.17) is 4.74 Å². The van der Waals surface area contributed by atoms with Crippen LogP contribution >= 0.6 is 0 Å². The third-order valence-corrected chi connectivity index (χ3v) is 4.89. The van der Waals surface area contributed by atoms with Crippen LogP contribution in [0.25, 0.3) is 11.0 Å². The Morgan fingerprint density at radius 3 is 2.61 bits per heavy atom. The number of anilines is 3. The van der Waals surface area contributed by atoms with E-state index in [1.54, 1.807) is 12.1 Å². The van der Waals surface area contributed by atoms with E-state index in [2.05, 4.69) is 25.6 Å². The van der Waals surface area contributed by atoms with Crippen LogP contribution in [-0.4, -0.2) is 28.1 Å². The molecule has 0 amide bonds. The normalized spacial score (nSPS) is 15.1. The zero-order chi connectivity index (χ0) is 19.7. The van der Waals surface area contributed by atoms with Gasteiger partial charge in [0.25, 0.3) is 0 Å². The second-order valence-electron chi connectivity index (χ2n) is 6.77. The molecule has 3 aromatic rings. The Balaban J connectivity index is 1.78. The summed E-state index contributed by atoms with van der Waals surface area (Å²) in [5.74, 6) is 0.954. The number of halogens is 3. The first-order valence-corrected chi connectivity index (χ1v) is 9.08. The van der Waals surface area contributed by atoms with Crippen LogP contribution in [0, 0.1) is 0 Å². The summed E-state index contributed by atoms with van der Waals surface area (Å²) in [6.45, 7) is 0. The number of benzene rings is 1. The third kappa shape index (κ3) is 3.56. The molecule has 0 bridgehead atoms. The predicted octanol–water partition coefficient (Wildman–Crippen LogP) is 5.08. The minimum absolute atomic E-state index is 0.0371. The molecule has 2 aromatic heterocycles. The summed E-state index contributed by atoms with van der Waals surface area (Å²) in [6.07, 6.45) is 0.366. The number of hydrogen-bond acceptors (Lipinski definition) is 5. The van der Waals surface area contributed by atoms with Gasteiger partial charge in [0.2, 0.25) is 5.95 Å². The third-order valence-electron chi connectivity index (χ3n) is 4.89. The van der Waals surface area contributed by atoms with Gasteiger partial charge in [-0.05, 0) is 25.0 Å². The molecule has 3 N–H and O–H groups in total. The van der Waals surface area contributed by atoms with Gasteiger partial charge in [0.15, 0.2) is 0 Å². The first-order chi connectivity index (χ1) is 13.5. The Bertz CT molecular complexity index is 979. The van der Waals surface area contributed by atoms with Gasteiger partial charge in [-0.3, -0.25) is 0 Å². The SMILES string of the molecule is COc1ccccc1Nc1nc(NC2CCCC2)c2c(C(F)(F)F)c[nH]c2n1. The van der Waals surface area contributed by atoms with E-state index in [0.717, 1.165) is 31.9 Å². The highest BCUT2D eigenvalue weighted by Gasteiger charge is 2.36. The molecular weight excluding hydrogens is 371 g/mol. The van der Waals surface area contributed by atoms with Crippen molar-refractivity contribution in [2.24, 2.45) is 0 Å². The van der Waals surface area contributed by atoms with E-state index >= 15 is 0 Å². The molecule has 1 aromatic carbocycles. The van der Waals surface area contributed by atoms with Crippen molar-refractivity contribution in [1.82, 2.24) is 15.0 Å². The lowest BCUT2D eigenvalue weighted by atomic mass is 10.2. The van der Waals surface area contributed by atoms with Gasteiger partial charge in [-0.15, -0.1) is 0 Å². The summed E-state index contributed by atoms with van der Waals surface area (Å²) in [7, 11) is 1.54. The Morgan fingerprint density at radius 2 is 1.89 bits per heavy atom. The first kappa shape index (κ1) is 18.4. The zero-order valence-electron chi connectivity index (χ0n) is 15.2. The summed E-state index contributed by atoms with van der Waals surface area (Å²) >= 11 is 0. The van der Waals surface area contributed by atoms with E-state index in [1.165, 1.54) is 7.11 Å². The molecule has 28 heavy (non-hydrogen) atoms. The molecule has 4 rings (SSSR count). The molecule has 0 unspecified atom stereocenters. The fraction of sp³-hybridized carbons (Fsp3) is 0.368. The van der Waals surface area contributed by atoms with Crippen LogP contribution in [0.3, 0.4) is 0 Å². The van der Waals surface area contributed by atoms with E-state index < -0.39 is 11.7 Å². The number of para-hydroxylation sites is 2. The minimum atomic E-state index is -4.49. The second kappa shape index (κ2) is 7.21. The molecule has 0 saturated heterocycles. The topological polar surface area (TPSA) is 74.9 Å². The summed E-state index contributed by atoms with van der Waals surface area (Å²) < 4.78 is 45.7. The van der Waals surface area contributed by atoms with Crippen LogP contribution in [0.5, 0.6) is 5.75 Å². The number of aromatic amines is 1. The van der Waals surface area contributed by atoms with Crippen LogP contribution < -0.4 is 15.4 Å². The molecule has 148 valence electrons. The lowest BCUT2D eigenvalue weighted by molar-refractivity contribution is -0.136. The van der Waals surface area contributed by atoms with Crippen LogP contribution in [-0.2, 0) is 6.18 Å². The molecule has 0 radical (unpaired) electrons. The number of hydrogen-bond donors (Lipinski definition) is 3. The molecule has 0 atom stereocenters. The molecule has 9 heteroatoms. The van der Waals surface area contributed by atoms with Crippen molar-refractivity contribution < 1.29 is 17.9 Å². The predicted molar refractivity (Wildman–Crippen MR) is 101 cm³/mol. The van der Waals surface area contributed by atoms with Crippen LogP contribution in [0.4, 0.5) is 30.6 Å². The number of methoxy groups -OCH3 is 1. The number of H-pyrrole nitrogens is 1. The number of alkyl halides is 3. The summed E-state index contributed by atoms with van der Waals surface area (Å²) in [5.41, 5.74) is -0.0224. The average molecular weight is 391 g/mol. The average Bonchev–Trinajstić information content (AvgIpc) is 3.31. The van der Waals surface area contributed by atoms with Crippen molar-refractivity contribution in [1.29, 1.82) is 0 Å². The van der Waals surface area contributed by atoms with Gasteiger partial charge in [-0.2, -0.15) is 23.1 Å². The van der Waals surface area contributed by atoms with Crippen LogP contribution in [0.15, 0.2) is 30.5 Å². The Kier molecular flexibility index (Phi) is 4.74. The number of nitrogens with zero attached hydrogens (tertiary/aromatic N) is 2. The Morgan fingerprint density at radius 1 is 1.14 bits per heavy atom. The molecule has 0 aliphatic heterocycles. The minimum Gasteiger partial charge on any atom is -0.495 e. The van der Waals surface area contributed by atoms with Crippen LogP contribution in [0.2, 0.25) is 0 Å². The number of nitrogens with one attached hydrogen (secondary N) is 3. The molecule has 2 heterocycles. The van der Waals surface area contributed by atoms with Gasteiger partial charge in [-0.1, -0.05) is 25.0 Å². The molecule has 1 aliphatic carbocycles. The standard InChI is InChI=1S/C19H20F3N5O/c1-28-14-9-5-4-8-13(14)25-18-26-16-15(12(10-23-16)19(20,21)22)17(27-18)24-11-6-2-3-7-11/h4-5,8-11H,2-3,6-7H2,1H3,(H3,23,24,25,26,27). The fourth-order valence-electron chi connectivity index (χ4n) is 3.55. The summed E-state index contributed by atoms with van der Waals surface area (Å²) in [4.78, 5) is 11.2. The lowest BCUT2D eigenvalue weighted by Crippen LogP contribution is -2.17. The van der Waals surface area contributed by atoms with Crippen molar-refractivity contribution in [3.63, 3.8) is 0 Å². The van der Waals surface area contributed by atoms with Gasteiger partial charge in [0.1, 0.15) is 17.2 Å². The summed E-state index contributed by atoms with van der Waals surface area (Å²) in [6, 6.07) is 7.30. The molecule has 1 saturated carbocycles.